The maximum Gasteiger partial charge on any atom is 0.223 e. The molecule has 2 aromatic rings. The molecule has 0 aromatic heterocycles. The summed E-state index contributed by atoms with van der Waals surface area (Å²) in [7, 11) is 3.29. The summed E-state index contributed by atoms with van der Waals surface area (Å²) >= 11 is 0. The van der Waals surface area contributed by atoms with Gasteiger partial charge in [0, 0.05) is 19.0 Å². The lowest BCUT2D eigenvalue weighted by Crippen LogP contribution is -2.40. The van der Waals surface area contributed by atoms with Gasteiger partial charge in [-0.05, 0) is 69.0 Å². The molecule has 0 unspecified atom stereocenters. The minimum Gasteiger partial charge on any atom is -0.493 e. The lowest BCUT2D eigenvalue weighted by atomic mass is 9.95. The third-order valence-electron chi connectivity index (χ3n) is 5.87. The van der Waals surface area contributed by atoms with Crippen molar-refractivity contribution in [2.75, 3.05) is 33.9 Å². The number of benzene rings is 2. The fourth-order valence-corrected chi connectivity index (χ4v) is 3.99. The average Bonchev–Trinajstić information content (AvgIpc) is 2.78. The number of aryl methyl sites for hydroxylation is 2. The summed E-state index contributed by atoms with van der Waals surface area (Å²) in [5.41, 5.74) is 3.82. The van der Waals surface area contributed by atoms with Gasteiger partial charge in [-0.2, -0.15) is 0 Å². The molecule has 0 aliphatic carbocycles. The van der Waals surface area contributed by atoms with Crippen molar-refractivity contribution in [1.82, 2.24) is 10.2 Å². The molecule has 2 aromatic carbocycles. The van der Waals surface area contributed by atoms with Crippen LogP contribution in [0.1, 0.15) is 36.0 Å². The Labute approximate surface area is 180 Å². The normalized spacial score (nSPS) is 15.0. The van der Waals surface area contributed by atoms with Crippen molar-refractivity contribution in [3.05, 3.63) is 59.2 Å². The largest absolute Gasteiger partial charge is 0.493 e. The Kier molecular flexibility index (Phi) is 8.14. The fourth-order valence-electron chi connectivity index (χ4n) is 3.99. The highest BCUT2D eigenvalue weighted by Gasteiger charge is 2.24. The molecule has 0 atom stereocenters. The number of nitrogens with zero attached hydrogens (tertiary/aromatic N) is 1. The monoisotopic (exact) mass is 410 g/mol. The van der Waals surface area contributed by atoms with Gasteiger partial charge in [0.2, 0.25) is 5.91 Å². The van der Waals surface area contributed by atoms with Crippen molar-refractivity contribution < 1.29 is 14.3 Å². The Morgan fingerprint density at radius 1 is 1.00 bits per heavy atom. The zero-order valence-corrected chi connectivity index (χ0v) is 18.4. The van der Waals surface area contributed by atoms with Gasteiger partial charge in [0.1, 0.15) is 0 Å². The number of rotatable bonds is 9. The van der Waals surface area contributed by atoms with Gasteiger partial charge in [0.15, 0.2) is 11.5 Å². The summed E-state index contributed by atoms with van der Waals surface area (Å²) in [5, 5.41) is 3.13. The van der Waals surface area contributed by atoms with Crippen LogP contribution in [0, 0.1) is 12.8 Å². The molecule has 0 spiro atoms. The molecule has 3 rings (SSSR count). The lowest BCUT2D eigenvalue weighted by molar-refractivity contribution is -0.126. The summed E-state index contributed by atoms with van der Waals surface area (Å²) in [5.74, 6) is 1.83. The summed E-state index contributed by atoms with van der Waals surface area (Å²) in [6.07, 6.45) is 3.68. The van der Waals surface area contributed by atoms with Gasteiger partial charge in [-0.1, -0.05) is 35.9 Å². The Morgan fingerprint density at radius 2 is 1.67 bits per heavy atom. The quantitative estimate of drug-likeness (QED) is 0.636. The van der Waals surface area contributed by atoms with Gasteiger partial charge in [-0.25, -0.2) is 0 Å². The Hall–Kier alpha value is -2.53. The smallest absolute Gasteiger partial charge is 0.223 e. The van der Waals surface area contributed by atoms with E-state index in [2.05, 4.69) is 41.4 Å². The second-order valence-corrected chi connectivity index (χ2v) is 8.12. The molecule has 0 radical (unpaired) electrons. The Balaban J connectivity index is 1.35. The van der Waals surface area contributed by atoms with E-state index in [0.717, 1.165) is 56.8 Å². The first-order valence-electron chi connectivity index (χ1n) is 10.9. The summed E-state index contributed by atoms with van der Waals surface area (Å²) in [4.78, 5) is 15.0. The number of carbonyl (C=O) groups excluding carboxylic acids is 1. The van der Waals surface area contributed by atoms with E-state index in [1.54, 1.807) is 14.2 Å². The first kappa shape index (κ1) is 22.2. The first-order chi connectivity index (χ1) is 14.6. The van der Waals surface area contributed by atoms with Crippen LogP contribution in [0.2, 0.25) is 0 Å². The Bertz CT molecular complexity index is 812. The van der Waals surface area contributed by atoms with Gasteiger partial charge in [-0.15, -0.1) is 0 Å². The van der Waals surface area contributed by atoms with E-state index in [1.807, 2.05) is 18.2 Å². The van der Waals surface area contributed by atoms with Crippen LogP contribution in [0.4, 0.5) is 0 Å². The van der Waals surface area contributed by atoms with E-state index in [-0.39, 0.29) is 11.8 Å². The van der Waals surface area contributed by atoms with Crippen molar-refractivity contribution in [1.29, 1.82) is 0 Å². The average molecular weight is 411 g/mol. The second kappa shape index (κ2) is 11.0. The minimum absolute atomic E-state index is 0.139. The van der Waals surface area contributed by atoms with E-state index >= 15 is 0 Å². The van der Waals surface area contributed by atoms with Crippen LogP contribution in [0.3, 0.4) is 0 Å². The van der Waals surface area contributed by atoms with Gasteiger partial charge >= 0.3 is 0 Å². The van der Waals surface area contributed by atoms with Crippen LogP contribution < -0.4 is 14.8 Å². The van der Waals surface area contributed by atoms with Gasteiger partial charge in [-0.3, -0.25) is 9.69 Å². The first-order valence-corrected chi connectivity index (χ1v) is 10.9. The number of carbonyl (C=O) groups is 1. The minimum atomic E-state index is 0.139. The SMILES string of the molecule is COc1ccc(CCCNC(=O)C2CCN(Cc3ccc(C)cc3)CC2)cc1OC. The summed E-state index contributed by atoms with van der Waals surface area (Å²) < 4.78 is 10.6. The van der Waals surface area contributed by atoms with E-state index in [4.69, 9.17) is 9.47 Å². The molecule has 0 saturated carbocycles. The molecule has 1 heterocycles. The molecule has 1 amide bonds. The predicted molar refractivity (Wildman–Crippen MR) is 120 cm³/mol. The molecule has 1 aliphatic heterocycles. The number of amides is 1. The highest BCUT2D eigenvalue weighted by molar-refractivity contribution is 5.78. The molecule has 5 nitrogen and oxygen atoms in total. The zero-order valence-electron chi connectivity index (χ0n) is 18.4. The van der Waals surface area contributed by atoms with Crippen LogP contribution in [0.5, 0.6) is 11.5 Å². The number of nitrogens with one attached hydrogen (secondary N) is 1. The van der Waals surface area contributed by atoms with Crippen LogP contribution in [0.25, 0.3) is 0 Å². The highest BCUT2D eigenvalue weighted by atomic mass is 16.5. The number of hydrogen-bond donors (Lipinski definition) is 1. The highest BCUT2D eigenvalue weighted by Crippen LogP contribution is 2.28. The van der Waals surface area contributed by atoms with Crippen LogP contribution >= 0.6 is 0 Å². The van der Waals surface area contributed by atoms with E-state index in [0.29, 0.717) is 6.54 Å². The fraction of sp³-hybridized carbons (Fsp3) is 0.480. The van der Waals surface area contributed by atoms with Crippen molar-refractivity contribution >= 4 is 5.91 Å². The van der Waals surface area contributed by atoms with Crippen molar-refractivity contribution in [2.45, 2.75) is 39.2 Å². The molecule has 1 N–H and O–H groups in total. The number of ether oxygens (including phenoxy) is 2. The molecular formula is C25H34N2O3. The van der Waals surface area contributed by atoms with Gasteiger partial charge < -0.3 is 14.8 Å². The molecule has 1 saturated heterocycles. The summed E-state index contributed by atoms with van der Waals surface area (Å²) in [6, 6.07) is 14.7. The van der Waals surface area contributed by atoms with Crippen molar-refractivity contribution in [2.24, 2.45) is 5.92 Å². The maximum atomic E-state index is 12.5. The Morgan fingerprint density at radius 3 is 2.33 bits per heavy atom. The van der Waals surface area contributed by atoms with E-state index in [1.165, 1.54) is 16.7 Å². The third kappa shape index (κ3) is 6.23. The number of methoxy groups -OCH3 is 2. The van der Waals surface area contributed by atoms with Crippen LogP contribution in [-0.4, -0.2) is 44.7 Å². The molecule has 1 fully saturated rings. The lowest BCUT2D eigenvalue weighted by Gasteiger charge is -2.31. The topological polar surface area (TPSA) is 50.8 Å². The molecule has 1 aliphatic rings. The van der Waals surface area contributed by atoms with Crippen molar-refractivity contribution in [3.63, 3.8) is 0 Å². The molecule has 0 bridgehead atoms. The van der Waals surface area contributed by atoms with Gasteiger partial charge in [0.05, 0.1) is 14.2 Å². The van der Waals surface area contributed by atoms with Crippen LogP contribution in [0.15, 0.2) is 42.5 Å². The molecule has 30 heavy (non-hydrogen) atoms. The van der Waals surface area contributed by atoms with Crippen LogP contribution in [-0.2, 0) is 17.8 Å². The van der Waals surface area contributed by atoms with E-state index in [9.17, 15) is 4.79 Å². The molecule has 162 valence electrons. The molecular weight excluding hydrogens is 376 g/mol. The number of piperidine rings is 1. The van der Waals surface area contributed by atoms with Gasteiger partial charge in [0.25, 0.3) is 0 Å². The van der Waals surface area contributed by atoms with E-state index < -0.39 is 0 Å². The maximum absolute atomic E-state index is 12.5. The number of likely N-dealkylation sites (tertiary alicyclic amines) is 1. The predicted octanol–water partition coefficient (Wildman–Crippen LogP) is 3.97. The second-order valence-electron chi connectivity index (χ2n) is 8.12. The zero-order chi connectivity index (χ0) is 21.3. The van der Waals surface area contributed by atoms with Crippen molar-refractivity contribution in [3.8, 4) is 11.5 Å². The standard InChI is InChI=1S/C25H34N2O3/c1-19-6-8-21(9-7-19)18-27-15-12-22(13-16-27)25(28)26-14-4-5-20-10-11-23(29-2)24(17-20)30-3/h6-11,17,22H,4-5,12-16,18H2,1-3H3,(H,26,28). The molecule has 5 heteroatoms. The third-order valence-corrected chi connectivity index (χ3v) is 5.87. The number of hydrogen-bond acceptors (Lipinski definition) is 4. The summed E-state index contributed by atoms with van der Waals surface area (Å²) in [6.45, 7) is 5.76.